The van der Waals surface area contributed by atoms with Crippen LogP contribution in [0.15, 0.2) is 42.5 Å². The molecule has 7 N–H and O–H groups in total. The Hall–Kier alpha value is -3.23. The number of piperidine rings is 1. The molecule has 1 amide bonds. The average molecular weight is 424 g/mol. The Balaban J connectivity index is 1.82. The summed E-state index contributed by atoms with van der Waals surface area (Å²) in [5.41, 5.74) is 9.19. The molecule has 0 saturated carbocycles. The zero-order valence-corrected chi connectivity index (χ0v) is 17.4. The van der Waals surface area contributed by atoms with Gasteiger partial charge in [-0.3, -0.25) is 15.0 Å². The van der Waals surface area contributed by atoms with Crippen molar-refractivity contribution in [2.45, 2.75) is 19.4 Å². The first kappa shape index (κ1) is 22.5. The normalized spacial score (nSPS) is 14.2. The quantitative estimate of drug-likeness (QED) is 0.267. The van der Waals surface area contributed by atoms with Gasteiger partial charge in [0.05, 0.1) is 0 Å². The fourth-order valence-electron chi connectivity index (χ4n) is 3.72. The van der Waals surface area contributed by atoms with Crippen molar-refractivity contribution in [2.24, 2.45) is 11.7 Å². The van der Waals surface area contributed by atoms with Crippen LogP contribution >= 0.6 is 0 Å². The number of carbonyl (C=O) groups is 2. The van der Waals surface area contributed by atoms with Gasteiger partial charge in [-0.2, -0.15) is 0 Å². The molecule has 0 unspecified atom stereocenters. The van der Waals surface area contributed by atoms with Gasteiger partial charge in [-0.05, 0) is 79.3 Å². The monoisotopic (exact) mass is 423 g/mol. The Kier molecular flexibility index (Phi) is 7.75. The molecule has 0 bridgehead atoms. The fraction of sp³-hybridized carbons (Fsp3) is 0.348. The minimum atomic E-state index is -1.09. The molecule has 3 rings (SSSR count). The number of carbonyl (C=O) groups excluding carboxylic acids is 1. The lowest BCUT2D eigenvalue weighted by atomic mass is 9.96. The van der Waals surface area contributed by atoms with Gasteiger partial charge in [-0.15, -0.1) is 0 Å². The van der Waals surface area contributed by atoms with Crippen molar-refractivity contribution in [1.29, 1.82) is 5.41 Å². The number of hydrogen-bond acceptors (Lipinski definition) is 5. The van der Waals surface area contributed by atoms with Crippen molar-refractivity contribution in [1.82, 2.24) is 16.0 Å². The van der Waals surface area contributed by atoms with Crippen molar-refractivity contribution >= 4 is 17.7 Å². The molecule has 0 aromatic heterocycles. The molecule has 8 heteroatoms. The molecule has 1 aliphatic heterocycles. The van der Waals surface area contributed by atoms with E-state index in [9.17, 15) is 9.59 Å². The van der Waals surface area contributed by atoms with Crippen LogP contribution in [0.1, 0.15) is 34.3 Å². The number of carboxylic acids is 1. The molecule has 1 fully saturated rings. The lowest BCUT2D eigenvalue weighted by molar-refractivity contribution is -0.135. The van der Waals surface area contributed by atoms with Crippen molar-refractivity contribution < 1.29 is 14.7 Å². The van der Waals surface area contributed by atoms with Crippen LogP contribution in [0.2, 0.25) is 0 Å². The van der Waals surface area contributed by atoms with Crippen LogP contribution in [0.4, 0.5) is 0 Å². The molecule has 1 heterocycles. The number of hydrogen-bond donors (Lipinski definition) is 6. The maximum atomic E-state index is 12.5. The minimum absolute atomic E-state index is 0.0268. The van der Waals surface area contributed by atoms with E-state index in [1.54, 1.807) is 18.2 Å². The SMILES string of the molecule is N=C(N)c1cccc(-c2cc(CNCC3CCNCC3)cc(C(=O)NCC(=O)O)c2)c1. The van der Waals surface area contributed by atoms with Crippen LogP contribution < -0.4 is 21.7 Å². The maximum Gasteiger partial charge on any atom is 0.322 e. The first-order valence-electron chi connectivity index (χ1n) is 10.4. The van der Waals surface area contributed by atoms with Gasteiger partial charge in [0.15, 0.2) is 0 Å². The van der Waals surface area contributed by atoms with E-state index in [1.807, 2.05) is 24.3 Å². The van der Waals surface area contributed by atoms with Gasteiger partial charge >= 0.3 is 5.97 Å². The third-order valence-corrected chi connectivity index (χ3v) is 5.38. The van der Waals surface area contributed by atoms with Crippen molar-refractivity contribution in [3.05, 3.63) is 59.2 Å². The number of nitrogens with two attached hydrogens (primary N) is 1. The van der Waals surface area contributed by atoms with Crippen LogP contribution in [0.25, 0.3) is 11.1 Å². The summed E-state index contributed by atoms with van der Waals surface area (Å²) < 4.78 is 0. The number of nitrogens with one attached hydrogen (secondary N) is 4. The number of aliphatic carboxylic acids is 1. The highest BCUT2D eigenvalue weighted by molar-refractivity contribution is 5.98. The van der Waals surface area contributed by atoms with Gasteiger partial charge in [0.1, 0.15) is 12.4 Å². The van der Waals surface area contributed by atoms with Gasteiger partial charge < -0.3 is 26.8 Å². The second-order valence-corrected chi connectivity index (χ2v) is 7.81. The number of nitrogen functional groups attached to an aromatic ring is 1. The molecule has 0 radical (unpaired) electrons. The average Bonchev–Trinajstić information content (AvgIpc) is 2.78. The summed E-state index contributed by atoms with van der Waals surface area (Å²) in [6.07, 6.45) is 2.29. The highest BCUT2D eigenvalue weighted by Gasteiger charge is 2.14. The summed E-state index contributed by atoms with van der Waals surface area (Å²) in [6.45, 7) is 3.16. The van der Waals surface area contributed by atoms with E-state index < -0.39 is 18.4 Å². The van der Waals surface area contributed by atoms with Gasteiger partial charge in [-0.1, -0.05) is 18.2 Å². The summed E-state index contributed by atoms with van der Waals surface area (Å²) in [4.78, 5) is 23.3. The maximum absolute atomic E-state index is 12.5. The van der Waals surface area contributed by atoms with Crippen molar-refractivity contribution in [2.75, 3.05) is 26.2 Å². The van der Waals surface area contributed by atoms with Crippen LogP contribution in [-0.4, -0.2) is 49.0 Å². The van der Waals surface area contributed by atoms with Crippen LogP contribution in [0.5, 0.6) is 0 Å². The summed E-state index contributed by atoms with van der Waals surface area (Å²) in [5.74, 6) is -0.926. The predicted octanol–water partition coefficient (Wildman–Crippen LogP) is 1.54. The zero-order chi connectivity index (χ0) is 22.2. The van der Waals surface area contributed by atoms with Crippen molar-refractivity contribution in [3.63, 3.8) is 0 Å². The zero-order valence-electron chi connectivity index (χ0n) is 17.4. The van der Waals surface area contributed by atoms with Crippen LogP contribution in [-0.2, 0) is 11.3 Å². The van der Waals surface area contributed by atoms with E-state index >= 15 is 0 Å². The molecule has 164 valence electrons. The Labute approximate surface area is 181 Å². The number of amidine groups is 1. The van der Waals surface area contributed by atoms with Gasteiger partial charge in [-0.25, -0.2) is 0 Å². The van der Waals surface area contributed by atoms with E-state index in [4.69, 9.17) is 16.2 Å². The summed E-state index contributed by atoms with van der Waals surface area (Å²) in [5, 5.41) is 25.8. The number of amides is 1. The van der Waals surface area contributed by atoms with Crippen LogP contribution in [0, 0.1) is 11.3 Å². The molecule has 2 aromatic carbocycles. The van der Waals surface area contributed by atoms with E-state index in [2.05, 4.69) is 16.0 Å². The van der Waals surface area contributed by atoms with Gasteiger partial charge in [0.25, 0.3) is 5.91 Å². The third-order valence-electron chi connectivity index (χ3n) is 5.38. The van der Waals surface area contributed by atoms with E-state index in [-0.39, 0.29) is 5.84 Å². The Morgan fingerprint density at radius 2 is 1.84 bits per heavy atom. The van der Waals surface area contributed by atoms with E-state index in [0.717, 1.165) is 49.2 Å². The van der Waals surface area contributed by atoms with E-state index in [1.165, 1.54) is 0 Å². The third kappa shape index (κ3) is 6.63. The number of carboxylic acid groups (broad SMARTS) is 1. The largest absolute Gasteiger partial charge is 0.480 e. The van der Waals surface area contributed by atoms with E-state index in [0.29, 0.717) is 23.6 Å². The molecular weight excluding hydrogens is 394 g/mol. The molecule has 8 nitrogen and oxygen atoms in total. The van der Waals surface area contributed by atoms with Gasteiger partial charge in [0, 0.05) is 17.7 Å². The highest BCUT2D eigenvalue weighted by Crippen LogP contribution is 2.24. The lowest BCUT2D eigenvalue weighted by Crippen LogP contribution is -2.33. The molecule has 1 saturated heterocycles. The molecule has 0 aliphatic carbocycles. The first-order valence-corrected chi connectivity index (χ1v) is 10.4. The smallest absolute Gasteiger partial charge is 0.322 e. The minimum Gasteiger partial charge on any atom is -0.480 e. The number of benzene rings is 2. The topological polar surface area (TPSA) is 140 Å². The standard InChI is InChI=1S/C23H29N5O3/c24-22(25)18-3-1-2-17(10-18)19-8-16(13-27-12-15-4-6-26-7-5-15)9-20(11-19)23(31)28-14-21(29)30/h1-3,8-11,15,26-27H,4-7,12-14H2,(H3,24,25)(H,28,31)(H,29,30). The molecule has 0 spiro atoms. The molecular formula is C23H29N5O3. The summed E-state index contributed by atoms with van der Waals surface area (Å²) in [6, 6.07) is 12.8. The lowest BCUT2D eigenvalue weighted by Gasteiger charge is -2.23. The second-order valence-electron chi connectivity index (χ2n) is 7.81. The number of rotatable bonds is 9. The van der Waals surface area contributed by atoms with Gasteiger partial charge in [0.2, 0.25) is 0 Å². The molecule has 1 aliphatic rings. The molecule has 0 atom stereocenters. The van der Waals surface area contributed by atoms with Crippen molar-refractivity contribution in [3.8, 4) is 11.1 Å². The summed E-state index contributed by atoms with van der Waals surface area (Å²) in [7, 11) is 0. The molecule has 31 heavy (non-hydrogen) atoms. The van der Waals surface area contributed by atoms with Crippen LogP contribution in [0.3, 0.4) is 0 Å². The summed E-state index contributed by atoms with van der Waals surface area (Å²) >= 11 is 0. The predicted molar refractivity (Wildman–Crippen MR) is 120 cm³/mol. The Morgan fingerprint density at radius 3 is 2.55 bits per heavy atom. The Bertz CT molecular complexity index is 954. The molecule has 2 aromatic rings. The fourth-order valence-corrected chi connectivity index (χ4v) is 3.72. The Morgan fingerprint density at radius 1 is 1.10 bits per heavy atom. The second kappa shape index (κ2) is 10.7. The highest BCUT2D eigenvalue weighted by atomic mass is 16.4. The first-order chi connectivity index (χ1) is 14.9.